The zero-order valence-electron chi connectivity index (χ0n) is 12.0. The zero-order chi connectivity index (χ0) is 15.8. The number of halogens is 1. The third kappa shape index (κ3) is 2.84. The first-order chi connectivity index (χ1) is 9.77. The summed E-state index contributed by atoms with van der Waals surface area (Å²) in [6.07, 6.45) is 1.52. The second-order valence-electron chi connectivity index (χ2n) is 4.59. The Morgan fingerprint density at radius 1 is 1.43 bits per heavy atom. The fourth-order valence-corrected chi connectivity index (χ4v) is 3.35. The number of nitrogen functional groups attached to an aromatic ring is 1. The maximum Gasteiger partial charge on any atom is 0.283 e. The molecule has 0 bridgehead atoms. The van der Waals surface area contributed by atoms with E-state index in [1.165, 1.54) is 19.3 Å². The average molecular weight is 329 g/mol. The molecule has 2 rings (SSSR count). The van der Waals surface area contributed by atoms with Crippen LogP contribution in [0.5, 0.6) is 0 Å². The fourth-order valence-electron chi connectivity index (χ4n) is 1.98. The van der Waals surface area contributed by atoms with Crippen molar-refractivity contribution < 1.29 is 8.42 Å². The van der Waals surface area contributed by atoms with Crippen molar-refractivity contribution in [3.8, 4) is 0 Å². The van der Waals surface area contributed by atoms with Gasteiger partial charge in [0.1, 0.15) is 5.82 Å². The SMILES string of the molecule is CCn1cc(S(=O)(=O)N(C)c2cc(Cl)ccc2N)nc1C. The number of aromatic nitrogens is 2. The van der Waals surface area contributed by atoms with E-state index in [4.69, 9.17) is 17.3 Å². The van der Waals surface area contributed by atoms with Crippen LogP contribution in [0.15, 0.2) is 29.4 Å². The zero-order valence-corrected chi connectivity index (χ0v) is 13.6. The Hall–Kier alpha value is -1.73. The number of aryl methyl sites for hydroxylation is 2. The van der Waals surface area contributed by atoms with Crippen LogP contribution in [0, 0.1) is 6.92 Å². The summed E-state index contributed by atoms with van der Waals surface area (Å²) in [5, 5.41) is 0.403. The first-order valence-corrected chi connectivity index (χ1v) is 8.17. The standard InChI is InChI=1S/C13H17ClN4O2S/c1-4-18-8-13(16-9(18)2)21(19,20)17(3)12-7-10(14)5-6-11(12)15/h5-8H,4,15H2,1-3H3. The molecular formula is C13H17ClN4O2S. The Labute approximate surface area is 129 Å². The third-order valence-electron chi connectivity index (χ3n) is 3.25. The van der Waals surface area contributed by atoms with E-state index >= 15 is 0 Å². The molecule has 8 heteroatoms. The topological polar surface area (TPSA) is 81.2 Å². The molecule has 0 unspecified atom stereocenters. The van der Waals surface area contributed by atoms with E-state index in [2.05, 4.69) is 4.98 Å². The summed E-state index contributed by atoms with van der Waals surface area (Å²) in [7, 11) is -2.35. The van der Waals surface area contributed by atoms with Gasteiger partial charge < -0.3 is 10.3 Å². The molecule has 0 aliphatic carbocycles. The second kappa shape index (κ2) is 5.57. The molecule has 1 aromatic carbocycles. The molecule has 1 aromatic heterocycles. The quantitative estimate of drug-likeness (QED) is 0.873. The highest BCUT2D eigenvalue weighted by Crippen LogP contribution is 2.29. The van der Waals surface area contributed by atoms with Gasteiger partial charge in [0.05, 0.1) is 11.4 Å². The van der Waals surface area contributed by atoms with Crippen molar-refractivity contribution in [2.24, 2.45) is 0 Å². The van der Waals surface area contributed by atoms with Crippen molar-refractivity contribution in [1.82, 2.24) is 9.55 Å². The minimum atomic E-state index is -3.78. The predicted octanol–water partition coefficient (Wildman–Crippen LogP) is 2.27. The molecule has 2 aromatic rings. The maximum absolute atomic E-state index is 12.6. The van der Waals surface area contributed by atoms with Crippen LogP contribution < -0.4 is 10.0 Å². The molecule has 2 N–H and O–H groups in total. The average Bonchev–Trinajstić information content (AvgIpc) is 2.82. The lowest BCUT2D eigenvalue weighted by atomic mass is 10.3. The Morgan fingerprint density at radius 3 is 2.67 bits per heavy atom. The number of hydrogen-bond acceptors (Lipinski definition) is 4. The molecule has 6 nitrogen and oxygen atoms in total. The first kappa shape index (κ1) is 15.7. The molecule has 0 saturated heterocycles. The smallest absolute Gasteiger partial charge is 0.283 e. The molecule has 0 atom stereocenters. The molecule has 1 heterocycles. The predicted molar refractivity (Wildman–Crippen MR) is 84.1 cm³/mol. The van der Waals surface area contributed by atoms with Gasteiger partial charge in [-0.1, -0.05) is 11.6 Å². The van der Waals surface area contributed by atoms with E-state index in [1.54, 1.807) is 23.6 Å². The van der Waals surface area contributed by atoms with Gasteiger partial charge in [-0.05, 0) is 32.0 Å². The highest BCUT2D eigenvalue weighted by atomic mass is 35.5. The van der Waals surface area contributed by atoms with Crippen LogP contribution in [0.1, 0.15) is 12.7 Å². The summed E-state index contributed by atoms with van der Waals surface area (Å²) in [6, 6.07) is 4.69. The molecule has 0 saturated carbocycles. The van der Waals surface area contributed by atoms with Gasteiger partial charge in [-0.2, -0.15) is 8.42 Å². The van der Waals surface area contributed by atoms with Gasteiger partial charge in [0, 0.05) is 24.8 Å². The van der Waals surface area contributed by atoms with Crippen molar-refractivity contribution >= 4 is 33.0 Å². The molecular weight excluding hydrogens is 312 g/mol. The van der Waals surface area contributed by atoms with Crippen molar-refractivity contribution in [2.75, 3.05) is 17.1 Å². The fraction of sp³-hybridized carbons (Fsp3) is 0.308. The van der Waals surface area contributed by atoms with Crippen LogP contribution in [0.3, 0.4) is 0 Å². The van der Waals surface area contributed by atoms with E-state index < -0.39 is 10.0 Å². The normalized spacial score (nSPS) is 11.6. The van der Waals surface area contributed by atoms with Crippen LogP contribution in [0.25, 0.3) is 0 Å². The molecule has 0 spiro atoms. The van der Waals surface area contributed by atoms with Gasteiger partial charge in [0.2, 0.25) is 0 Å². The number of anilines is 2. The first-order valence-electron chi connectivity index (χ1n) is 6.35. The Bertz CT molecular complexity index is 770. The Kier molecular flexibility index (Phi) is 4.15. The van der Waals surface area contributed by atoms with Crippen LogP contribution in [-0.2, 0) is 16.6 Å². The van der Waals surface area contributed by atoms with Crippen molar-refractivity contribution in [2.45, 2.75) is 25.4 Å². The van der Waals surface area contributed by atoms with E-state index in [9.17, 15) is 8.42 Å². The largest absolute Gasteiger partial charge is 0.397 e. The summed E-state index contributed by atoms with van der Waals surface area (Å²) in [6.45, 7) is 4.33. The Morgan fingerprint density at radius 2 is 2.10 bits per heavy atom. The monoisotopic (exact) mass is 328 g/mol. The van der Waals surface area contributed by atoms with Gasteiger partial charge in [-0.25, -0.2) is 4.98 Å². The lowest BCUT2D eigenvalue weighted by molar-refractivity contribution is 0.591. The number of sulfonamides is 1. The number of hydrogen-bond donors (Lipinski definition) is 1. The lowest BCUT2D eigenvalue weighted by Crippen LogP contribution is -2.27. The number of nitrogens with two attached hydrogens (primary N) is 1. The lowest BCUT2D eigenvalue weighted by Gasteiger charge is -2.20. The number of nitrogens with zero attached hydrogens (tertiary/aromatic N) is 3. The molecule has 0 amide bonds. The molecule has 0 aliphatic heterocycles. The summed E-state index contributed by atoms with van der Waals surface area (Å²) in [5.41, 5.74) is 6.49. The van der Waals surface area contributed by atoms with Gasteiger partial charge in [-0.3, -0.25) is 4.31 Å². The van der Waals surface area contributed by atoms with E-state index in [0.717, 1.165) is 4.31 Å². The third-order valence-corrected chi connectivity index (χ3v) is 5.13. The summed E-state index contributed by atoms with van der Waals surface area (Å²) >= 11 is 5.91. The van der Waals surface area contributed by atoms with E-state index in [0.29, 0.717) is 28.8 Å². The summed E-state index contributed by atoms with van der Waals surface area (Å²) in [4.78, 5) is 4.11. The molecule has 0 fully saturated rings. The molecule has 0 aliphatic rings. The van der Waals surface area contributed by atoms with Crippen LogP contribution in [0.2, 0.25) is 5.02 Å². The van der Waals surface area contributed by atoms with Gasteiger partial charge in [0.15, 0.2) is 5.03 Å². The second-order valence-corrected chi connectivity index (χ2v) is 6.94. The van der Waals surface area contributed by atoms with Gasteiger partial charge in [-0.15, -0.1) is 0 Å². The highest BCUT2D eigenvalue weighted by Gasteiger charge is 2.26. The van der Waals surface area contributed by atoms with E-state index in [1.807, 2.05) is 6.92 Å². The number of rotatable bonds is 4. The van der Waals surface area contributed by atoms with E-state index in [-0.39, 0.29) is 5.03 Å². The number of imidazole rings is 1. The molecule has 114 valence electrons. The minimum absolute atomic E-state index is 0.0104. The summed E-state index contributed by atoms with van der Waals surface area (Å²) < 4.78 is 28.1. The van der Waals surface area contributed by atoms with Crippen LogP contribution in [0.4, 0.5) is 11.4 Å². The Balaban J connectivity index is 2.49. The van der Waals surface area contributed by atoms with Gasteiger partial charge in [0.25, 0.3) is 10.0 Å². The van der Waals surface area contributed by atoms with Crippen molar-refractivity contribution in [1.29, 1.82) is 0 Å². The summed E-state index contributed by atoms with van der Waals surface area (Å²) in [5.74, 6) is 0.642. The highest BCUT2D eigenvalue weighted by molar-refractivity contribution is 7.92. The minimum Gasteiger partial charge on any atom is -0.397 e. The van der Waals surface area contributed by atoms with Gasteiger partial charge >= 0.3 is 0 Å². The van der Waals surface area contributed by atoms with Crippen molar-refractivity contribution in [3.63, 3.8) is 0 Å². The number of benzene rings is 1. The van der Waals surface area contributed by atoms with Crippen molar-refractivity contribution in [3.05, 3.63) is 35.2 Å². The van der Waals surface area contributed by atoms with Crippen LogP contribution in [-0.4, -0.2) is 25.0 Å². The molecule has 0 radical (unpaired) electrons. The maximum atomic E-state index is 12.6. The van der Waals surface area contributed by atoms with Crippen LogP contribution >= 0.6 is 11.6 Å². The molecule has 21 heavy (non-hydrogen) atoms.